The summed E-state index contributed by atoms with van der Waals surface area (Å²) in [4.78, 5) is 4.24. The predicted molar refractivity (Wildman–Crippen MR) is 75.9 cm³/mol. The molecule has 1 heterocycles. The van der Waals surface area contributed by atoms with Crippen LogP contribution in [-0.4, -0.2) is 11.5 Å². The van der Waals surface area contributed by atoms with E-state index < -0.39 is 0 Å². The number of hydrogen-bond acceptors (Lipinski definition) is 2. The first-order valence-electron chi connectivity index (χ1n) is 6.12. The van der Waals surface area contributed by atoms with Gasteiger partial charge in [-0.25, -0.2) is 0 Å². The van der Waals surface area contributed by atoms with Crippen molar-refractivity contribution in [1.29, 1.82) is 0 Å². The summed E-state index contributed by atoms with van der Waals surface area (Å²) in [7, 11) is 0. The number of halogens is 1. The van der Waals surface area contributed by atoms with E-state index >= 15 is 0 Å². The third-order valence-corrected chi connectivity index (χ3v) is 3.12. The van der Waals surface area contributed by atoms with E-state index in [4.69, 9.17) is 11.6 Å². The van der Waals surface area contributed by atoms with Crippen molar-refractivity contribution in [3.8, 4) is 0 Å². The Morgan fingerprint density at radius 3 is 2.50 bits per heavy atom. The molecule has 1 atom stereocenters. The summed E-state index contributed by atoms with van der Waals surface area (Å²) in [5, 5.41) is 4.25. The van der Waals surface area contributed by atoms with Crippen LogP contribution in [0.2, 0.25) is 5.02 Å². The molecule has 1 aromatic heterocycles. The lowest BCUT2D eigenvalue weighted by molar-refractivity contribution is 0.629. The van der Waals surface area contributed by atoms with E-state index in [0.29, 0.717) is 0 Å². The molecule has 0 saturated carbocycles. The highest BCUT2D eigenvalue weighted by Gasteiger charge is 2.12. The van der Waals surface area contributed by atoms with Gasteiger partial charge in [0.2, 0.25) is 0 Å². The van der Waals surface area contributed by atoms with Gasteiger partial charge in [0.1, 0.15) is 0 Å². The first-order chi connectivity index (χ1) is 8.70. The molecule has 1 N–H and O–H groups in total. The predicted octanol–water partition coefficient (Wildman–Crippen LogP) is 3.74. The maximum absolute atomic E-state index is 5.93. The molecule has 3 heteroatoms. The fourth-order valence-corrected chi connectivity index (χ4v) is 2.16. The Morgan fingerprint density at radius 2 is 1.89 bits per heavy atom. The van der Waals surface area contributed by atoms with Gasteiger partial charge in [0, 0.05) is 16.9 Å². The van der Waals surface area contributed by atoms with Gasteiger partial charge in [0.25, 0.3) is 0 Å². The van der Waals surface area contributed by atoms with E-state index in [0.717, 1.165) is 17.3 Å². The second-order valence-corrected chi connectivity index (χ2v) is 4.71. The largest absolute Gasteiger partial charge is 0.307 e. The van der Waals surface area contributed by atoms with Crippen LogP contribution in [0.25, 0.3) is 0 Å². The van der Waals surface area contributed by atoms with Gasteiger partial charge in [-0.3, -0.25) is 4.98 Å². The molecule has 0 fully saturated rings. The van der Waals surface area contributed by atoms with Crippen LogP contribution in [0, 0.1) is 6.92 Å². The molecular formula is C15H17ClN2. The molecule has 0 spiro atoms. The highest BCUT2D eigenvalue weighted by atomic mass is 35.5. The lowest BCUT2D eigenvalue weighted by Crippen LogP contribution is -2.22. The second-order valence-electron chi connectivity index (χ2n) is 4.27. The molecule has 2 rings (SSSR count). The molecule has 0 bridgehead atoms. The zero-order valence-electron chi connectivity index (χ0n) is 10.7. The lowest BCUT2D eigenvalue weighted by atomic mass is 9.99. The topological polar surface area (TPSA) is 24.9 Å². The van der Waals surface area contributed by atoms with Gasteiger partial charge < -0.3 is 5.32 Å². The minimum atomic E-state index is 0.189. The van der Waals surface area contributed by atoms with E-state index in [9.17, 15) is 0 Å². The Bertz CT molecular complexity index is 508. The molecule has 0 aliphatic heterocycles. The van der Waals surface area contributed by atoms with E-state index in [1.807, 2.05) is 25.3 Å². The van der Waals surface area contributed by atoms with Crippen molar-refractivity contribution in [2.75, 3.05) is 6.54 Å². The van der Waals surface area contributed by atoms with Gasteiger partial charge in [0.05, 0.1) is 6.04 Å². The van der Waals surface area contributed by atoms with E-state index in [-0.39, 0.29) is 6.04 Å². The molecule has 2 aromatic rings. The van der Waals surface area contributed by atoms with Gasteiger partial charge >= 0.3 is 0 Å². The van der Waals surface area contributed by atoms with Gasteiger partial charge in [0.15, 0.2) is 0 Å². The molecule has 94 valence electrons. The van der Waals surface area contributed by atoms with Crippen LogP contribution in [0.5, 0.6) is 0 Å². The molecule has 1 unspecified atom stereocenters. The molecule has 0 saturated heterocycles. The Morgan fingerprint density at radius 1 is 1.17 bits per heavy atom. The van der Waals surface area contributed by atoms with Gasteiger partial charge in [-0.05, 0) is 48.9 Å². The number of aromatic nitrogens is 1. The number of nitrogens with zero attached hydrogens (tertiary/aromatic N) is 1. The number of pyridine rings is 1. The number of hydrogen-bond donors (Lipinski definition) is 1. The maximum Gasteiger partial charge on any atom is 0.0577 e. The molecular weight excluding hydrogens is 244 g/mol. The van der Waals surface area contributed by atoms with Gasteiger partial charge in [-0.15, -0.1) is 0 Å². The van der Waals surface area contributed by atoms with Crippen molar-refractivity contribution in [3.05, 3.63) is 64.4 Å². The van der Waals surface area contributed by atoms with Crippen LogP contribution in [-0.2, 0) is 0 Å². The number of benzene rings is 1. The Hall–Kier alpha value is -1.38. The zero-order chi connectivity index (χ0) is 13.0. The van der Waals surface area contributed by atoms with Gasteiger partial charge in [-0.2, -0.15) is 0 Å². The summed E-state index contributed by atoms with van der Waals surface area (Å²) in [5.74, 6) is 0. The van der Waals surface area contributed by atoms with Crippen LogP contribution in [0.1, 0.15) is 29.8 Å². The summed E-state index contributed by atoms with van der Waals surface area (Å²) in [6.07, 6.45) is 1.85. The fourth-order valence-electron chi connectivity index (χ4n) is 2.03. The lowest BCUT2D eigenvalue weighted by Gasteiger charge is -2.19. The molecule has 0 aliphatic rings. The van der Waals surface area contributed by atoms with Crippen molar-refractivity contribution in [2.45, 2.75) is 19.9 Å². The first-order valence-corrected chi connectivity index (χ1v) is 6.50. The van der Waals surface area contributed by atoms with E-state index in [1.165, 1.54) is 11.1 Å². The SMILES string of the molecule is CCNC(c1ccc(Cl)cc1)c1ccnc(C)c1. The van der Waals surface area contributed by atoms with Crippen LogP contribution in [0.3, 0.4) is 0 Å². The Labute approximate surface area is 113 Å². The van der Waals surface area contributed by atoms with Crippen LogP contribution in [0.4, 0.5) is 0 Å². The molecule has 2 nitrogen and oxygen atoms in total. The van der Waals surface area contributed by atoms with Crippen molar-refractivity contribution in [1.82, 2.24) is 10.3 Å². The Kier molecular flexibility index (Phi) is 4.34. The number of aryl methyl sites for hydroxylation is 1. The maximum atomic E-state index is 5.93. The Balaban J connectivity index is 2.36. The average molecular weight is 261 g/mol. The summed E-state index contributed by atoms with van der Waals surface area (Å²) in [5.41, 5.74) is 3.47. The van der Waals surface area contributed by atoms with Gasteiger partial charge in [-0.1, -0.05) is 30.7 Å². The van der Waals surface area contributed by atoms with Crippen molar-refractivity contribution < 1.29 is 0 Å². The fraction of sp³-hybridized carbons (Fsp3) is 0.267. The summed E-state index contributed by atoms with van der Waals surface area (Å²) < 4.78 is 0. The zero-order valence-corrected chi connectivity index (χ0v) is 11.4. The average Bonchev–Trinajstić information content (AvgIpc) is 2.37. The highest BCUT2D eigenvalue weighted by molar-refractivity contribution is 6.30. The number of nitrogens with one attached hydrogen (secondary N) is 1. The second kappa shape index (κ2) is 5.98. The third kappa shape index (κ3) is 3.09. The van der Waals surface area contributed by atoms with E-state index in [1.54, 1.807) is 0 Å². The minimum absolute atomic E-state index is 0.189. The minimum Gasteiger partial charge on any atom is -0.307 e. The van der Waals surface area contributed by atoms with Crippen LogP contribution < -0.4 is 5.32 Å². The smallest absolute Gasteiger partial charge is 0.0577 e. The highest BCUT2D eigenvalue weighted by Crippen LogP contribution is 2.23. The monoisotopic (exact) mass is 260 g/mol. The summed E-state index contributed by atoms with van der Waals surface area (Å²) >= 11 is 5.93. The first kappa shape index (κ1) is 13.1. The van der Waals surface area contributed by atoms with Crippen molar-refractivity contribution in [2.24, 2.45) is 0 Å². The molecule has 0 amide bonds. The van der Waals surface area contributed by atoms with Crippen LogP contribution >= 0.6 is 11.6 Å². The van der Waals surface area contributed by atoms with E-state index in [2.05, 4.69) is 41.5 Å². The molecule has 0 aliphatic carbocycles. The quantitative estimate of drug-likeness (QED) is 0.906. The summed E-state index contributed by atoms with van der Waals surface area (Å²) in [6.45, 7) is 5.03. The van der Waals surface area contributed by atoms with Crippen LogP contribution in [0.15, 0.2) is 42.6 Å². The van der Waals surface area contributed by atoms with Crippen molar-refractivity contribution >= 4 is 11.6 Å². The summed E-state index contributed by atoms with van der Waals surface area (Å²) in [6, 6.07) is 12.3. The normalized spacial score (nSPS) is 12.4. The molecule has 0 radical (unpaired) electrons. The molecule has 1 aromatic carbocycles. The molecule has 18 heavy (non-hydrogen) atoms. The third-order valence-electron chi connectivity index (χ3n) is 2.87. The van der Waals surface area contributed by atoms with Crippen molar-refractivity contribution in [3.63, 3.8) is 0 Å². The number of rotatable bonds is 4. The standard InChI is InChI=1S/C15H17ClN2/c1-3-17-15(12-4-6-14(16)7-5-12)13-8-9-18-11(2)10-13/h4-10,15,17H,3H2,1-2H3.